The maximum Gasteiger partial charge on any atom is 0.0541 e. The minimum Gasteiger partial charge on any atom is -0.309 e. The van der Waals surface area contributed by atoms with Crippen LogP contribution in [0.1, 0.15) is 31.9 Å². The number of hydrogen-bond acceptors (Lipinski definition) is 0. The van der Waals surface area contributed by atoms with Crippen LogP contribution < -0.4 is 0 Å². The van der Waals surface area contributed by atoms with Crippen LogP contribution in [0.15, 0.2) is 140 Å². The van der Waals surface area contributed by atoms with Crippen LogP contribution in [0.5, 0.6) is 0 Å². The Morgan fingerprint density at radius 2 is 0.957 bits per heavy atom. The quantitative estimate of drug-likeness (QED) is 0.181. The second kappa shape index (κ2) is 9.80. The molecule has 0 bridgehead atoms. The second-order valence-electron chi connectivity index (χ2n) is 13.9. The molecule has 0 aliphatic carbocycles. The van der Waals surface area contributed by atoms with Crippen molar-refractivity contribution in [3.05, 3.63) is 151 Å². The van der Waals surface area contributed by atoms with Crippen LogP contribution in [-0.2, 0) is 5.41 Å². The van der Waals surface area contributed by atoms with Crippen LogP contribution in [0.25, 0.3) is 82.1 Å². The summed E-state index contributed by atoms with van der Waals surface area (Å²) in [5.74, 6) is 0. The van der Waals surface area contributed by atoms with Gasteiger partial charge in [-0.05, 0) is 103 Å². The van der Waals surface area contributed by atoms with E-state index in [4.69, 9.17) is 0 Å². The molecule has 0 spiro atoms. The van der Waals surface area contributed by atoms with Crippen molar-refractivity contribution in [2.45, 2.75) is 33.1 Å². The number of aromatic nitrogens is 1. The van der Waals surface area contributed by atoms with E-state index >= 15 is 0 Å². The summed E-state index contributed by atoms with van der Waals surface area (Å²) < 4.78 is 2.39. The molecule has 0 amide bonds. The van der Waals surface area contributed by atoms with Crippen molar-refractivity contribution >= 4 is 54.1 Å². The molecule has 0 saturated heterocycles. The van der Waals surface area contributed by atoms with E-state index in [-0.39, 0.29) is 5.41 Å². The van der Waals surface area contributed by atoms with E-state index in [1.807, 2.05) is 0 Å². The average molecular weight is 590 g/mol. The molecule has 1 heteroatoms. The molecule has 0 aliphatic heterocycles. The lowest BCUT2D eigenvalue weighted by Gasteiger charge is -2.23. The zero-order chi connectivity index (χ0) is 31.2. The molecule has 8 aromatic carbocycles. The van der Waals surface area contributed by atoms with E-state index in [0.29, 0.717) is 0 Å². The van der Waals surface area contributed by atoms with Gasteiger partial charge in [-0.1, -0.05) is 136 Å². The largest absolute Gasteiger partial charge is 0.309 e. The number of para-hydroxylation sites is 2. The molecule has 0 N–H and O–H groups in total. The first-order chi connectivity index (χ1) is 22.3. The van der Waals surface area contributed by atoms with Gasteiger partial charge < -0.3 is 4.57 Å². The third-order valence-electron chi connectivity index (χ3n) is 9.96. The molecule has 1 aromatic heterocycles. The van der Waals surface area contributed by atoms with E-state index in [0.717, 1.165) is 0 Å². The third kappa shape index (κ3) is 4.01. The minimum absolute atomic E-state index is 0.0841. The Morgan fingerprint density at radius 3 is 1.48 bits per heavy atom. The van der Waals surface area contributed by atoms with Gasteiger partial charge >= 0.3 is 0 Å². The predicted octanol–water partition coefficient (Wildman–Crippen LogP) is 12.6. The highest BCUT2D eigenvalue weighted by atomic mass is 15.0. The molecule has 9 aromatic rings. The zero-order valence-electron chi connectivity index (χ0n) is 26.7. The standard InChI is InChI=1S/C45H35N/c1-28-13-15-29(16-14-28)39-27-40(38-24-20-32-26-33(45(2,3)4)25-31-19-23-37(39)44(38)43(31)32)30-17-21-34(22-18-30)46-41-11-7-5-9-35(41)36-10-6-8-12-42(36)46/h5-27H,1-4H3. The van der Waals surface area contributed by atoms with Crippen molar-refractivity contribution < 1.29 is 0 Å². The minimum atomic E-state index is 0.0841. The molecule has 0 fully saturated rings. The molecule has 46 heavy (non-hydrogen) atoms. The number of hydrogen-bond donors (Lipinski definition) is 0. The first kappa shape index (κ1) is 27.0. The first-order valence-electron chi connectivity index (χ1n) is 16.3. The summed E-state index contributed by atoms with van der Waals surface area (Å²) in [4.78, 5) is 0. The molecule has 1 nitrogen and oxygen atoms in total. The van der Waals surface area contributed by atoms with Gasteiger partial charge in [-0.3, -0.25) is 0 Å². The summed E-state index contributed by atoms with van der Waals surface area (Å²) in [6.45, 7) is 9.06. The van der Waals surface area contributed by atoms with Crippen molar-refractivity contribution in [1.82, 2.24) is 4.57 Å². The Hall–Kier alpha value is -5.40. The number of benzene rings is 8. The Balaban J connectivity index is 1.30. The van der Waals surface area contributed by atoms with Crippen LogP contribution in [0, 0.1) is 6.92 Å². The zero-order valence-corrected chi connectivity index (χ0v) is 26.7. The third-order valence-corrected chi connectivity index (χ3v) is 9.96. The summed E-state index contributed by atoms with van der Waals surface area (Å²) in [7, 11) is 0. The van der Waals surface area contributed by atoms with Gasteiger partial charge in [0.15, 0.2) is 0 Å². The summed E-state index contributed by atoms with van der Waals surface area (Å²) in [6, 6.07) is 52.2. The molecule has 1 heterocycles. The van der Waals surface area contributed by atoms with Gasteiger partial charge in [0.1, 0.15) is 0 Å². The fourth-order valence-corrected chi connectivity index (χ4v) is 7.55. The Labute approximate surface area is 269 Å². The van der Waals surface area contributed by atoms with Crippen molar-refractivity contribution in [1.29, 1.82) is 0 Å². The summed E-state index contributed by atoms with van der Waals surface area (Å²) in [6.07, 6.45) is 0. The highest BCUT2D eigenvalue weighted by Gasteiger charge is 2.20. The number of rotatable bonds is 3. The van der Waals surface area contributed by atoms with Crippen LogP contribution in [0.2, 0.25) is 0 Å². The van der Waals surface area contributed by atoms with Crippen LogP contribution >= 0.6 is 0 Å². The fourth-order valence-electron chi connectivity index (χ4n) is 7.55. The lowest BCUT2D eigenvalue weighted by molar-refractivity contribution is 0.591. The molecule has 0 unspecified atom stereocenters. The van der Waals surface area contributed by atoms with Gasteiger partial charge in [0.2, 0.25) is 0 Å². The van der Waals surface area contributed by atoms with E-state index < -0.39 is 0 Å². The number of nitrogens with zero attached hydrogens (tertiary/aromatic N) is 1. The van der Waals surface area contributed by atoms with Gasteiger partial charge in [0.05, 0.1) is 11.0 Å². The van der Waals surface area contributed by atoms with Gasteiger partial charge in [0, 0.05) is 16.5 Å². The van der Waals surface area contributed by atoms with E-state index in [1.54, 1.807) is 0 Å². The molecule has 0 radical (unpaired) electrons. The number of aryl methyl sites for hydroxylation is 1. The van der Waals surface area contributed by atoms with Crippen molar-refractivity contribution in [3.8, 4) is 27.9 Å². The highest BCUT2D eigenvalue weighted by molar-refractivity contribution is 6.28. The van der Waals surface area contributed by atoms with Gasteiger partial charge in [0.25, 0.3) is 0 Å². The fraction of sp³-hybridized carbons (Fsp3) is 0.111. The molecule has 0 aliphatic rings. The maximum atomic E-state index is 2.42. The molecule has 0 atom stereocenters. The molecular formula is C45H35N. The lowest BCUT2D eigenvalue weighted by Crippen LogP contribution is -2.10. The van der Waals surface area contributed by atoms with Gasteiger partial charge in [-0.2, -0.15) is 0 Å². The predicted molar refractivity (Wildman–Crippen MR) is 199 cm³/mol. The van der Waals surface area contributed by atoms with Crippen molar-refractivity contribution in [3.63, 3.8) is 0 Å². The van der Waals surface area contributed by atoms with Gasteiger partial charge in [-0.25, -0.2) is 0 Å². The topological polar surface area (TPSA) is 4.93 Å². The second-order valence-corrected chi connectivity index (χ2v) is 13.9. The van der Waals surface area contributed by atoms with Gasteiger partial charge in [-0.15, -0.1) is 0 Å². The highest BCUT2D eigenvalue weighted by Crippen LogP contribution is 2.45. The van der Waals surface area contributed by atoms with E-state index in [9.17, 15) is 0 Å². The van der Waals surface area contributed by atoms with Crippen molar-refractivity contribution in [2.75, 3.05) is 0 Å². The summed E-state index contributed by atoms with van der Waals surface area (Å²) in [5.41, 5.74) is 11.4. The van der Waals surface area contributed by atoms with Crippen LogP contribution in [0.4, 0.5) is 0 Å². The Kier molecular flexibility index (Phi) is 5.74. The average Bonchev–Trinajstić information content (AvgIpc) is 3.41. The summed E-state index contributed by atoms with van der Waals surface area (Å²) in [5, 5.41) is 10.5. The molecule has 0 saturated carbocycles. The maximum absolute atomic E-state index is 2.42. The molecule has 9 rings (SSSR count). The van der Waals surface area contributed by atoms with Crippen LogP contribution in [-0.4, -0.2) is 4.57 Å². The normalized spacial score (nSPS) is 12.3. The van der Waals surface area contributed by atoms with Crippen molar-refractivity contribution in [2.24, 2.45) is 0 Å². The lowest BCUT2D eigenvalue weighted by atomic mass is 9.81. The molecule has 220 valence electrons. The van der Waals surface area contributed by atoms with Crippen LogP contribution in [0.3, 0.4) is 0 Å². The smallest absolute Gasteiger partial charge is 0.0541 e. The Morgan fingerprint density at radius 1 is 0.457 bits per heavy atom. The van der Waals surface area contributed by atoms with E-state index in [2.05, 4.69) is 172 Å². The molecular weight excluding hydrogens is 555 g/mol. The number of fused-ring (bicyclic) bond motifs is 3. The SMILES string of the molecule is Cc1ccc(-c2cc(-c3ccc(-n4c5ccccc5c5ccccc54)cc3)c3ccc4cc(C(C)(C)C)cc5ccc2c3c54)cc1. The summed E-state index contributed by atoms with van der Waals surface area (Å²) >= 11 is 0. The van der Waals surface area contributed by atoms with E-state index in [1.165, 1.54) is 93.2 Å². The Bertz CT molecular complexity index is 2520. The first-order valence-corrected chi connectivity index (χ1v) is 16.3. The monoisotopic (exact) mass is 589 g/mol.